The van der Waals surface area contributed by atoms with Gasteiger partial charge in [-0.15, -0.1) is 0 Å². The lowest BCUT2D eigenvalue weighted by molar-refractivity contribution is -0.168. The molecule has 0 spiro atoms. The standard InChI is InChI=1S/C18H20Cl2N2O3/c1-17(2)11-6-7-18(17,3)16(25)22(15(11)24)9-14(23)21-10-4-5-12(19)13(20)8-10/h4-5,8,11H,6-7,9H2,1-3H3,(H,21,23). The number of hydrogen-bond donors (Lipinski definition) is 1. The van der Waals surface area contributed by atoms with Crippen molar-refractivity contribution in [3.8, 4) is 0 Å². The zero-order chi connectivity index (χ0) is 18.6. The number of benzene rings is 1. The third-order valence-electron chi connectivity index (χ3n) is 6.01. The van der Waals surface area contributed by atoms with Gasteiger partial charge >= 0.3 is 0 Å². The van der Waals surface area contributed by atoms with Gasteiger partial charge in [0, 0.05) is 11.6 Å². The molecule has 1 N–H and O–H groups in total. The van der Waals surface area contributed by atoms with E-state index >= 15 is 0 Å². The Bertz CT molecular complexity index is 778. The first-order valence-electron chi connectivity index (χ1n) is 8.18. The monoisotopic (exact) mass is 382 g/mol. The zero-order valence-electron chi connectivity index (χ0n) is 14.4. The zero-order valence-corrected chi connectivity index (χ0v) is 15.9. The molecule has 1 aliphatic carbocycles. The van der Waals surface area contributed by atoms with Crippen molar-refractivity contribution in [2.24, 2.45) is 16.7 Å². The number of likely N-dealkylation sites (tertiary alicyclic amines) is 1. The van der Waals surface area contributed by atoms with Gasteiger partial charge in [0.1, 0.15) is 6.54 Å². The highest BCUT2D eigenvalue weighted by molar-refractivity contribution is 6.42. The Morgan fingerprint density at radius 1 is 1.24 bits per heavy atom. The summed E-state index contributed by atoms with van der Waals surface area (Å²) in [5.41, 5.74) is -0.543. The number of carbonyl (C=O) groups excluding carboxylic acids is 3. The van der Waals surface area contributed by atoms with Crippen LogP contribution in [0.4, 0.5) is 5.69 Å². The Morgan fingerprint density at radius 3 is 2.56 bits per heavy atom. The molecule has 3 amide bonds. The molecule has 1 saturated heterocycles. The first-order valence-corrected chi connectivity index (χ1v) is 8.94. The average molecular weight is 383 g/mol. The Kier molecular flexibility index (Phi) is 4.36. The molecular weight excluding hydrogens is 363 g/mol. The van der Waals surface area contributed by atoms with Crippen LogP contribution in [0, 0.1) is 16.7 Å². The third-order valence-corrected chi connectivity index (χ3v) is 6.75. The molecule has 5 nitrogen and oxygen atoms in total. The van der Waals surface area contributed by atoms with Crippen LogP contribution in [0.3, 0.4) is 0 Å². The molecule has 7 heteroatoms. The van der Waals surface area contributed by atoms with E-state index in [0.717, 1.165) is 4.90 Å². The van der Waals surface area contributed by atoms with Gasteiger partial charge in [0.25, 0.3) is 0 Å². The summed E-state index contributed by atoms with van der Waals surface area (Å²) in [6.45, 7) is 5.53. The highest BCUT2D eigenvalue weighted by Gasteiger charge is 2.64. The smallest absolute Gasteiger partial charge is 0.244 e. The first kappa shape index (κ1) is 18.2. The number of amides is 3. The van der Waals surface area contributed by atoms with E-state index in [0.29, 0.717) is 28.6 Å². The van der Waals surface area contributed by atoms with Gasteiger partial charge in [-0.05, 0) is 36.5 Å². The number of fused-ring (bicyclic) bond motifs is 2. The Morgan fingerprint density at radius 2 is 1.92 bits per heavy atom. The van der Waals surface area contributed by atoms with E-state index in [-0.39, 0.29) is 24.3 Å². The van der Waals surface area contributed by atoms with Crippen molar-refractivity contribution >= 4 is 46.6 Å². The van der Waals surface area contributed by atoms with E-state index < -0.39 is 16.7 Å². The quantitative estimate of drug-likeness (QED) is 0.809. The molecule has 2 unspecified atom stereocenters. The predicted octanol–water partition coefficient (Wildman–Crippen LogP) is 3.74. The first-order chi connectivity index (χ1) is 11.6. The van der Waals surface area contributed by atoms with Gasteiger partial charge in [-0.1, -0.05) is 44.0 Å². The van der Waals surface area contributed by atoms with Crippen LogP contribution in [-0.2, 0) is 14.4 Å². The fourth-order valence-electron chi connectivity index (χ4n) is 3.97. The number of anilines is 1. The number of rotatable bonds is 3. The predicted molar refractivity (Wildman–Crippen MR) is 96.4 cm³/mol. The molecule has 0 aromatic heterocycles. The summed E-state index contributed by atoms with van der Waals surface area (Å²) in [4.78, 5) is 39.1. The second kappa shape index (κ2) is 5.99. The third kappa shape index (κ3) is 2.74. The van der Waals surface area contributed by atoms with E-state index in [4.69, 9.17) is 23.2 Å². The number of nitrogens with one attached hydrogen (secondary N) is 1. The highest BCUT2D eigenvalue weighted by Crippen LogP contribution is 2.59. The topological polar surface area (TPSA) is 66.5 Å². The molecule has 1 saturated carbocycles. The fraction of sp³-hybridized carbons (Fsp3) is 0.500. The molecule has 2 aliphatic rings. The largest absolute Gasteiger partial charge is 0.324 e. The van der Waals surface area contributed by atoms with Crippen LogP contribution in [0.1, 0.15) is 33.6 Å². The van der Waals surface area contributed by atoms with Crippen LogP contribution in [0.15, 0.2) is 18.2 Å². The maximum absolute atomic E-state index is 12.9. The van der Waals surface area contributed by atoms with Crippen LogP contribution >= 0.6 is 23.2 Å². The maximum atomic E-state index is 12.9. The normalized spacial score (nSPS) is 27.6. The molecule has 2 bridgehead atoms. The van der Waals surface area contributed by atoms with Gasteiger partial charge < -0.3 is 5.32 Å². The summed E-state index contributed by atoms with van der Waals surface area (Å²) in [5, 5.41) is 3.35. The van der Waals surface area contributed by atoms with Gasteiger partial charge in [-0.25, -0.2) is 0 Å². The molecule has 1 aromatic rings. The molecule has 1 aromatic carbocycles. The maximum Gasteiger partial charge on any atom is 0.244 e. The summed E-state index contributed by atoms with van der Waals surface area (Å²) in [6, 6.07) is 4.70. The van der Waals surface area contributed by atoms with Crippen molar-refractivity contribution in [2.75, 3.05) is 11.9 Å². The fourth-order valence-corrected chi connectivity index (χ4v) is 4.27. The molecule has 25 heavy (non-hydrogen) atoms. The summed E-state index contributed by atoms with van der Waals surface area (Å²) in [7, 11) is 0. The van der Waals surface area contributed by atoms with E-state index in [1.807, 2.05) is 20.8 Å². The number of piperidine rings is 1. The average Bonchev–Trinajstić information content (AvgIpc) is 2.72. The Hall–Kier alpha value is -1.59. The van der Waals surface area contributed by atoms with Crippen molar-refractivity contribution in [1.29, 1.82) is 0 Å². The summed E-state index contributed by atoms with van der Waals surface area (Å²) in [6.07, 6.45) is 1.35. The molecule has 2 atom stereocenters. The van der Waals surface area contributed by atoms with Crippen molar-refractivity contribution in [1.82, 2.24) is 4.90 Å². The SMILES string of the molecule is CC12CCC(C(=O)N(CC(=O)Nc3ccc(Cl)c(Cl)c3)C1=O)C2(C)C. The van der Waals surface area contributed by atoms with Crippen LogP contribution < -0.4 is 5.32 Å². The van der Waals surface area contributed by atoms with Crippen LogP contribution in [0.2, 0.25) is 10.0 Å². The van der Waals surface area contributed by atoms with Gasteiger partial charge in [-0.3, -0.25) is 19.3 Å². The number of halogens is 2. The Labute approximate surface area is 156 Å². The van der Waals surface area contributed by atoms with Crippen LogP contribution in [0.5, 0.6) is 0 Å². The van der Waals surface area contributed by atoms with E-state index in [1.165, 1.54) is 6.07 Å². The molecule has 134 valence electrons. The molecule has 2 fully saturated rings. The van der Waals surface area contributed by atoms with Crippen molar-refractivity contribution in [3.05, 3.63) is 28.2 Å². The minimum absolute atomic E-state index is 0.229. The lowest BCUT2D eigenvalue weighted by atomic mass is 9.62. The summed E-state index contributed by atoms with van der Waals surface area (Å²) >= 11 is 11.8. The second-order valence-corrected chi connectivity index (χ2v) is 8.37. The van der Waals surface area contributed by atoms with Gasteiger partial charge in [0.05, 0.1) is 15.5 Å². The summed E-state index contributed by atoms with van der Waals surface area (Å²) < 4.78 is 0. The molecule has 3 rings (SSSR count). The number of hydrogen-bond acceptors (Lipinski definition) is 3. The summed E-state index contributed by atoms with van der Waals surface area (Å²) in [5.74, 6) is -1.19. The van der Waals surface area contributed by atoms with Crippen molar-refractivity contribution < 1.29 is 14.4 Å². The van der Waals surface area contributed by atoms with Gasteiger partial charge in [0.15, 0.2) is 0 Å². The molecule has 1 aliphatic heterocycles. The minimum Gasteiger partial charge on any atom is -0.324 e. The van der Waals surface area contributed by atoms with E-state index in [9.17, 15) is 14.4 Å². The van der Waals surface area contributed by atoms with E-state index in [2.05, 4.69) is 5.32 Å². The Balaban J connectivity index is 1.76. The molecule has 1 heterocycles. The van der Waals surface area contributed by atoms with E-state index in [1.54, 1.807) is 12.1 Å². The van der Waals surface area contributed by atoms with Gasteiger partial charge in [-0.2, -0.15) is 0 Å². The lowest BCUT2D eigenvalue weighted by Gasteiger charge is -2.47. The van der Waals surface area contributed by atoms with Crippen LogP contribution in [-0.4, -0.2) is 29.2 Å². The van der Waals surface area contributed by atoms with Crippen molar-refractivity contribution in [2.45, 2.75) is 33.6 Å². The number of nitrogens with zero attached hydrogens (tertiary/aromatic N) is 1. The lowest BCUT2D eigenvalue weighted by Crippen LogP contribution is -2.60. The molecular formula is C18H20Cl2N2O3. The second-order valence-electron chi connectivity index (χ2n) is 7.55. The molecule has 0 radical (unpaired) electrons. The van der Waals surface area contributed by atoms with Gasteiger partial charge in [0.2, 0.25) is 17.7 Å². The van der Waals surface area contributed by atoms with Crippen LogP contribution in [0.25, 0.3) is 0 Å². The van der Waals surface area contributed by atoms with Crippen molar-refractivity contribution in [3.63, 3.8) is 0 Å². The number of imide groups is 1. The highest BCUT2D eigenvalue weighted by atomic mass is 35.5. The number of carbonyl (C=O) groups is 3. The minimum atomic E-state index is -0.616.